The molecule has 1 heterocycles. The molecule has 156 valence electrons. The van der Waals surface area contributed by atoms with Crippen LogP contribution in [0.15, 0.2) is 48.5 Å². The molecule has 0 aliphatic carbocycles. The number of hydrogen-bond donors (Lipinski definition) is 1. The number of likely N-dealkylation sites (tertiary alicyclic amines) is 1. The van der Waals surface area contributed by atoms with Crippen LogP contribution in [0.25, 0.3) is 0 Å². The highest BCUT2D eigenvalue weighted by molar-refractivity contribution is 6.35. The summed E-state index contributed by atoms with van der Waals surface area (Å²) < 4.78 is 45.7. The molecular formula is C20H19Cl2F3N2O2. The van der Waals surface area contributed by atoms with Gasteiger partial charge in [-0.05, 0) is 23.3 Å². The summed E-state index contributed by atoms with van der Waals surface area (Å²) in [7, 11) is 0. The van der Waals surface area contributed by atoms with Gasteiger partial charge in [0.05, 0.1) is 0 Å². The lowest BCUT2D eigenvalue weighted by Gasteiger charge is -2.39. The van der Waals surface area contributed by atoms with E-state index in [0.717, 1.165) is 5.56 Å². The van der Waals surface area contributed by atoms with Crippen LogP contribution in [0.1, 0.15) is 17.2 Å². The highest BCUT2D eigenvalue weighted by Crippen LogP contribution is 2.37. The van der Waals surface area contributed by atoms with Gasteiger partial charge >= 0.3 is 12.3 Å². The van der Waals surface area contributed by atoms with Crippen molar-refractivity contribution in [3.8, 4) is 0 Å². The number of nitrogens with zero attached hydrogens (tertiary/aromatic N) is 1. The summed E-state index contributed by atoms with van der Waals surface area (Å²) in [5.41, 5.74) is 0.787. The van der Waals surface area contributed by atoms with Gasteiger partial charge in [0.1, 0.15) is 12.6 Å². The topological polar surface area (TPSA) is 41.6 Å². The molecular weight excluding hydrogens is 428 g/mol. The van der Waals surface area contributed by atoms with Crippen molar-refractivity contribution in [2.24, 2.45) is 5.92 Å². The van der Waals surface area contributed by atoms with Crippen LogP contribution in [-0.4, -0.2) is 36.8 Å². The van der Waals surface area contributed by atoms with Crippen molar-refractivity contribution in [2.75, 3.05) is 19.6 Å². The summed E-state index contributed by atoms with van der Waals surface area (Å²) in [6, 6.07) is 11.3. The zero-order valence-electron chi connectivity index (χ0n) is 15.3. The van der Waals surface area contributed by atoms with Gasteiger partial charge in [-0.15, -0.1) is 0 Å². The molecule has 2 aromatic rings. The van der Waals surface area contributed by atoms with Gasteiger partial charge in [-0.25, -0.2) is 4.79 Å². The fourth-order valence-corrected chi connectivity index (χ4v) is 3.60. The summed E-state index contributed by atoms with van der Waals surface area (Å²) in [5, 5.41) is 2.74. The van der Waals surface area contributed by atoms with Crippen LogP contribution in [0.5, 0.6) is 0 Å². The SMILES string of the molecule is O=C(OCc1ccccc1)N1CC(CN[C@@H](c2ccc(Cl)cc2Cl)C(F)(F)F)C1. The van der Waals surface area contributed by atoms with Crippen LogP contribution in [0.3, 0.4) is 0 Å². The molecule has 4 nitrogen and oxygen atoms in total. The third kappa shape index (κ3) is 5.78. The fourth-order valence-electron chi connectivity index (χ4n) is 3.08. The first kappa shape index (κ1) is 21.7. The van der Waals surface area contributed by atoms with Crippen molar-refractivity contribution < 1.29 is 22.7 Å². The molecule has 1 N–H and O–H groups in total. The smallest absolute Gasteiger partial charge is 0.410 e. The lowest BCUT2D eigenvalue weighted by Crippen LogP contribution is -2.54. The van der Waals surface area contributed by atoms with Crippen LogP contribution < -0.4 is 5.32 Å². The quantitative estimate of drug-likeness (QED) is 0.640. The van der Waals surface area contributed by atoms with Gasteiger partial charge < -0.3 is 15.0 Å². The van der Waals surface area contributed by atoms with E-state index in [1.165, 1.54) is 23.1 Å². The Bertz CT molecular complexity index is 843. The van der Waals surface area contributed by atoms with Crippen molar-refractivity contribution in [3.63, 3.8) is 0 Å². The molecule has 0 bridgehead atoms. The molecule has 9 heteroatoms. The second-order valence-electron chi connectivity index (χ2n) is 6.86. The average Bonchev–Trinajstić information content (AvgIpc) is 2.62. The molecule has 0 unspecified atom stereocenters. The van der Waals surface area contributed by atoms with Crippen LogP contribution >= 0.6 is 23.2 Å². The summed E-state index contributed by atoms with van der Waals surface area (Å²) in [6.45, 7) is 0.912. The van der Waals surface area contributed by atoms with Crippen molar-refractivity contribution in [3.05, 3.63) is 69.7 Å². The minimum Gasteiger partial charge on any atom is -0.445 e. The Labute approximate surface area is 176 Å². The van der Waals surface area contributed by atoms with Crippen LogP contribution in [0, 0.1) is 5.92 Å². The molecule has 29 heavy (non-hydrogen) atoms. The molecule has 1 fully saturated rings. The molecule has 1 aliphatic heterocycles. The Kier molecular flexibility index (Phi) is 6.93. The second-order valence-corrected chi connectivity index (χ2v) is 7.70. The Morgan fingerprint density at radius 1 is 1.17 bits per heavy atom. The van der Waals surface area contributed by atoms with Gasteiger partial charge in [0, 0.05) is 35.6 Å². The maximum atomic E-state index is 13.5. The summed E-state index contributed by atoms with van der Waals surface area (Å²) in [6.07, 6.45) is -4.99. The molecule has 0 aromatic heterocycles. The molecule has 0 spiro atoms. The molecule has 1 atom stereocenters. The zero-order valence-corrected chi connectivity index (χ0v) is 16.8. The van der Waals surface area contributed by atoms with E-state index in [2.05, 4.69) is 5.32 Å². The van der Waals surface area contributed by atoms with Crippen LogP contribution in [0.2, 0.25) is 10.0 Å². The first-order chi connectivity index (χ1) is 13.7. The summed E-state index contributed by atoms with van der Waals surface area (Å²) >= 11 is 11.7. The van der Waals surface area contributed by atoms with E-state index in [-0.39, 0.29) is 34.7 Å². The molecule has 0 radical (unpaired) electrons. The number of alkyl halides is 3. The number of nitrogens with one attached hydrogen (secondary N) is 1. The van der Waals surface area contributed by atoms with Gasteiger partial charge in [-0.2, -0.15) is 13.2 Å². The molecule has 1 aliphatic rings. The number of carbonyl (C=O) groups is 1. The number of hydrogen-bond acceptors (Lipinski definition) is 3. The van der Waals surface area contributed by atoms with E-state index in [1.807, 2.05) is 30.3 Å². The Balaban J connectivity index is 1.49. The van der Waals surface area contributed by atoms with E-state index in [0.29, 0.717) is 13.1 Å². The minimum atomic E-state index is -4.52. The third-order valence-corrected chi connectivity index (χ3v) is 5.19. The van der Waals surface area contributed by atoms with Gasteiger partial charge in [0.2, 0.25) is 0 Å². The van der Waals surface area contributed by atoms with E-state index < -0.39 is 18.3 Å². The zero-order chi connectivity index (χ0) is 21.0. The Morgan fingerprint density at radius 2 is 1.86 bits per heavy atom. The Hall–Kier alpha value is -1.96. The van der Waals surface area contributed by atoms with Crippen molar-refractivity contribution >= 4 is 29.3 Å². The fraction of sp³-hybridized carbons (Fsp3) is 0.350. The highest BCUT2D eigenvalue weighted by atomic mass is 35.5. The molecule has 2 aromatic carbocycles. The Morgan fingerprint density at radius 3 is 2.48 bits per heavy atom. The van der Waals surface area contributed by atoms with Crippen LogP contribution in [0.4, 0.5) is 18.0 Å². The highest BCUT2D eigenvalue weighted by Gasteiger charge is 2.42. The maximum Gasteiger partial charge on any atom is 0.410 e. The number of benzene rings is 2. The molecule has 1 amide bonds. The second kappa shape index (κ2) is 9.24. The number of carbonyl (C=O) groups excluding carboxylic acids is 1. The standard InChI is InChI=1S/C20H19Cl2F3N2O2/c21-15-6-7-16(17(22)8-15)18(20(23,24)25)26-9-14-10-27(11-14)19(28)29-12-13-4-2-1-3-5-13/h1-8,14,18,26H,9-12H2/t18-/m0/s1. The van der Waals surface area contributed by atoms with E-state index in [1.54, 1.807) is 0 Å². The van der Waals surface area contributed by atoms with Crippen LogP contribution in [-0.2, 0) is 11.3 Å². The number of halogens is 5. The van der Waals surface area contributed by atoms with E-state index in [4.69, 9.17) is 27.9 Å². The molecule has 3 rings (SSSR count). The third-order valence-electron chi connectivity index (χ3n) is 4.63. The van der Waals surface area contributed by atoms with Crippen molar-refractivity contribution in [1.29, 1.82) is 0 Å². The average molecular weight is 447 g/mol. The van der Waals surface area contributed by atoms with Gasteiger partial charge in [0.25, 0.3) is 0 Å². The monoisotopic (exact) mass is 446 g/mol. The van der Waals surface area contributed by atoms with Crippen molar-refractivity contribution in [2.45, 2.75) is 18.8 Å². The number of rotatable bonds is 6. The first-order valence-electron chi connectivity index (χ1n) is 8.94. The summed E-state index contributed by atoms with van der Waals surface area (Å²) in [4.78, 5) is 13.5. The summed E-state index contributed by atoms with van der Waals surface area (Å²) in [5.74, 6) is -0.102. The normalized spacial score (nSPS) is 15.7. The predicted octanol–water partition coefficient (Wildman–Crippen LogP) is 5.46. The minimum absolute atomic E-state index is 0.0490. The number of ether oxygens (including phenoxy) is 1. The van der Waals surface area contributed by atoms with Gasteiger partial charge in [-0.1, -0.05) is 59.6 Å². The lowest BCUT2D eigenvalue weighted by molar-refractivity contribution is -0.158. The predicted molar refractivity (Wildman–Crippen MR) is 105 cm³/mol. The largest absolute Gasteiger partial charge is 0.445 e. The van der Waals surface area contributed by atoms with Gasteiger partial charge in [-0.3, -0.25) is 0 Å². The molecule has 1 saturated heterocycles. The van der Waals surface area contributed by atoms with E-state index in [9.17, 15) is 18.0 Å². The maximum absolute atomic E-state index is 13.5. The molecule has 0 saturated carbocycles. The van der Waals surface area contributed by atoms with E-state index >= 15 is 0 Å². The first-order valence-corrected chi connectivity index (χ1v) is 9.70. The van der Waals surface area contributed by atoms with Crippen molar-refractivity contribution in [1.82, 2.24) is 10.2 Å². The van der Waals surface area contributed by atoms with Gasteiger partial charge in [0.15, 0.2) is 0 Å². The lowest BCUT2D eigenvalue weighted by atomic mass is 9.99. The number of amides is 1.